The van der Waals surface area contributed by atoms with Gasteiger partial charge in [0.2, 0.25) is 0 Å². The van der Waals surface area contributed by atoms with Crippen molar-refractivity contribution in [3.8, 4) is 0 Å². The molecule has 2 aromatic heterocycles. The molecule has 0 saturated carbocycles. The highest BCUT2D eigenvalue weighted by atomic mass is 19.1. The Hall–Kier alpha value is -2.82. The third kappa shape index (κ3) is 14.2. The molecule has 30 heavy (non-hydrogen) atoms. The van der Waals surface area contributed by atoms with Crippen LogP contribution in [-0.4, -0.2) is 21.5 Å². The van der Waals surface area contributed by atoms with Gasteiger partial charge in [0, 0.05) is 18.1 Å². The van der Waals surface area contributed by atoms with E-state index in [1.807, 2.05) is 75.6 Å². The first kappa shape index (κ1) is 31.9. The zero-order valence-electron chi connectivity index (χ0n) is 19.9. The molecule has 0 unspecified atom stereocenters. The van der Waals surface area contributed by atoms with Crippen LogP contribution in [-0.2, 0) is 0 Å². The monoisotopic (exact) mass is 419 g/mol. The van der Waals surface area contributed by atoms with Gasteiger partial charge >= 0.3 is 0 Å². The standard InChI is InChI=1S/C14H15N3.C4H7F.C4H8.C2H6.CH3F/c1-4-5-6-7-11(2)14-12(3)17-9-8-15-10-13(17)16-14;1-2-3-4-5;1-3-4-2;2*1-2/h4-10H,1H2,2-3H3;3-4H,2H2,1H3;3-4H,1-2H3;1-2H3;1H3/b6-5-,11-7+;4-3+;4-3-;;. The number of hydrogen-bond donors (Lipinski definition) is 0. The first-order valence-corrected chi connectivity index (χ1v) is 10.0. The van der Waals surface area contributed by atoms with E-state index in [2.05, 4.69) is 30.4 Å². The van der Waals surface area contributed by atoms with Crippen molar-refractivity contribution in [2.75, 3.05) is 7.18 Å². The molecule has 2 heterocycles. The number of halogens is 2. The van der Waals surface area contributed by atoms with Gasteiger partial charge in [0.05, 0.1) is 25.4 Å². The first-order chi connectivity index (χ1) is 14.6. The van der Waals surface area contributed by atoms with E-state index in [1.165, 1.54) is 6.08 Å². The SMILES string of the molecule is C/C=C\C.C=C/C=C\C=C(/C)c1nc2cnccn2c1C.CC.CC/C=C/F.CF. The lowest BCUT2D eigenvalue weighted by Crippen LogP contribution is -1.88. The van der Waals surface area contributed by atoms with Gasteiger partial charge in [0.15, 0.2) is 5.65 Å². The molecule has 5 heteroatoms. The van der Waals surface area contributed by atoms with Crippen LogP contribution in [0.1, 0.15) is 59.4 Å². The Morgan fingerprint density at radius 2 is 1.77 bits per heavy atom. The summed E-state index contributed by atoms with van der Waals surface area (Å²) in [6, 6.07) is 0. The number of nitrogens with zero attached hydrogens (tertiary/aromatic N) is 3. The molecule has 0 amide bonds. The van der Waals surface area contributed by atoms with Crippen LogP contribution in [0.15, 0.2) is 74.0 Å². The third-order valence-corrected chi connectivity index (χ3v) is 3.29. The Morgan fingerprint density at radius 3 is 2.17 bits per heavy atom. The molecular formula is C25H39F2N3. The molecule has 0 atom stereocenters. The van der Waals surface area contributed by atoms with Crippen LogP contribution in [0.4, 0.5) is 8.78 Å². The molecule has 0 radical (unpaired) electrons. The summed E-state index contributed by atoms with van der Waals surface area (Å²) in [4.78, 5) is 8.64. The summed E-state index contributed by atoms with van der Waals surface area (Å²) in [6.07, 6.45) is 19.9. The van der Waals surface area contributed by atoms with Crippen LogP contribution < -0.4 is 0 Å². The van der Waals surface area contributed by atoms with Crippen LogP contribution in [0.5, 0.6) is 0 Å². The second-order valence-electron chi connectivity index (χ2n) is 5.26. The molecule has 0 saturated heterocycles. The average molecular weight is 420 g/mol. The van der Waals surface area contributed by atoms with E-state index in [1.54, 1.807) is 18.5 Å². The van der Waals surface area contributed by atoms with Crippen molar-refractivity contribution in [3.63, 3.8) is 0 Å². The Morgan fingerprint density at radius 1 is 1.17 bits per heavy atom. The number of fused-ring (bicyclic) bond motifs is 1. The first-order valence-electron chi connectivity index (χ1n) is 10.0. The van der Waals surface area contributed by atoms with E-state index in [0.717, 1.165) is 29.0 Å². The molecule has 0 spiro atoms. The predicted octanol–water partition coefficient (Wildman–Crippen LogP) is 8.26. The van der Waals surface area contributed by atoms with Gasteiger partial charge < -0.3 is 4.40 Å². The number of aromatic nitrogens is 3. The fourth-order valence-corrected chi connectivity index (χ4v) is 1.85. The van der Waals surface area contributed by atoms with E-state index >= 15 is 0 Å². The Balaban J connectivity index is -0.000000467. The second kappa shape index (κ2) is 24.2. The Labute approximate surface area is 182 Å². The number of hydrogen-bond acceptors (Lipinski definition) is 2. The van der Waals surface area contributed by atoms with E-state index in [-0.39, 0.29) is 0 Å². The van der Waals surface area contributed by atoms with Gasteiger partial charge in [0.1, 0.15) is 0 Å². The minimum atomic E-state index is 0.500. The summed E-state index contributed by atoms with van der Waals surface area (Å²) in [5.41, 5.74) is 4.14. The molecule has 0 aliphatic rings. The van der Waals surface area contributed by atoms with Crippen molar-refractivity contribution >= 4 is 11.2 Å². The highest BCUT2D eigenvalue weighted by Crippen LogP contribution is 2.18. The minimum absolute atomic E-state index is 0.500. The lowest BCUT2D eigenvalue weighted by atomic mass is 10.1. The van der Waals surface area contributed by atoms with Crippen LogP contribution in [0.25, 0.3) is 11.2 Å². The zero-order valence-corrected chi connectivity index (χ0v) is 19.9. The van der Waals surface area contributed by atoms with Crippen LogP contribution in [0, 0.1) is 6.92 Å². The lowest BCUT2D eigenvalue weighted by molar-refractivity contribution is 0.636. The van der Waals surface area contributed by atoms with Gasteiger partial charge in [-0.1, -0.05) is 69.9 Å². The molecule has 0 aromatic carbocycles. The maximum absolute atomic E-state index is 10.8. The van der Waals surface area contributed by atoms with Crippen molar-refractivity contribution in [3.05, 3.63) is 85.4 Å². The van der Waals surface area contributed by atoms with Crippen LogP contribution in [0.2, 0.25) is 0 Å². The van der Waals surface area contributed by atoms with Crippen LogP contribution in [0.3, 0.4) is 0 Å². The summed E-state index contributed by atoms with van der Waals surface area (Å²) in [6.45, 7) is 17.6. The number of allylic oxidation sites excluding steroid dienone is 8. The fourth-order valence-electron chi connectivity index (χ4n) is 1.85. The number of rotatable bonds is 4. The van der Waals surface area contributed by atoms with Gasteiger partial charge in [-0.2, -0.15) is 0 Å². The molecular weight excluding hydrogens is 380 g/mol. The normalized spacial score (nSPS) is 10.4. The second-order valence-corrected chi connectivity index (χ2v) is 5.26. The highest BCUT2D eigenvalue weighted by Gasteiger charge is 2.08. The summed E-state index contributed by atoms with van der Waals surface area (Å²) < 4.78 is 22.4. The summed E-state index contributed by atoms with van der Waals surface area (Å²) >= 11 is 0. The number of alkyl halides is 1. The maximum atomic E-state index is 10.8. The van der Waals surface area contributed by atoms with Crippen molar-refractivity contribution in [1.82, 2.24) is 14.4 Å². The predicted molar refractivity (Wildman–Crippen MR) is 130 cm³/mol. The van der Waals surface area contributed by atoms with E-state index < -0.39 is 0 Å². The molecule has 168 valence electrons. The lowest BCUT2D eigenvalue weighted by Gasteiger charge is -1.97. The highest BCUT2D eigenvalue weighted by molar-refractivity contribution is 5.66. The van der Waals surface area contributed by atoms with E-state index in [0.29, 0.717) is 13.5 Å². The van der Waals surface area contributed by atoms with E-state index in [4.69, 9.17) is 0 Å². The van der Waals surface area contributed by atoms with Crippen LogP contribution >= 0.6 is 0 Å². The molecule has 0 N–H and O–H groups in total. The molecule has 2 aromatic rings. The molecule has 0 fully saturated rings. The Kier molecular flexibility index (Phi) is 25.7. The van der Waals surface area contributed by atoms with Crippen molar-refractivity contribution in [1.29, 1.82) is 0 Å². The fraction of sp³-hybridized carbons (Fsp3) is 0.360. The van der Waals surface area contributed by atoms with Crippen molar-refractivity contribution in [2.45, 2.75) is 54.9 Å². The number of imidazole rings is 1. The summed E-state index contributed by atoms with van der Waals surface area (Å²) in [5, 5.41) is 0. The van der Waals surface area contributed by atoms with Gasteiger partial charge in [-0.25, -0.2) is 9.37 Å². The van der Waals surface area contributed by atoms with E-state index in [9.17, 15) is 8.78 Å². The largest absolute Gasteiger partial charge is 0.301 e. The van der Waals surface area contributed by atoms with Crippen molar-refractivity contribution < 1.29 is 8.78 Å². The van der Waals surface area contributed by atoms with Gasteiger partial charge in [-0.15, -0.1) is 0 Å². The summed E-state index contributed by atoms with van der Waals surface area (Å²) in [5.74, 6) is 0. The minimum Gasteiger partial charge on any atom is -0.301 e. The van der Waals surface area contributed by atoms with Crippen molar-refractivity contribution in [2.24, 2.45) is 0 Å². The molecule has 2 rings (SSSR count). The zero-order chi connectivity index (χ0) is 23.8. The van der Waals surface area contributed by atoms with Gasteiger partial charge in [-0.3, -0.25) is 9.37 Å². The molecule has 0 aliphatic carbocycles. The molecule has 0 bridgehead atoms. The van der Waals surface area contributed by atoms with Gasteiger partial charge in [0.25, 0.3) is 0 Å². The maximum Gasteiger partial charge on any atom is 0.156 e. The number of aryl methyl sites for hydroxylation is 1. The smallest absolute Gasteiger partial charge is 0.156 e. The Bertz CT molecular complexity index is 766. The third-order valence-electron chi connectivity index (χ3n) is 3.29. The molecule has 0 aliphatic heterocycles. The summed E-state index contributed by atoms with van der Waals surface area (Å²) in [7, 11) is 0.500. The van der Waals surface area contributed by atoms with Gasteiger partial charge in [-0.05, 0) is 39.7 Å². The quantitative estimate of drug-likeness (QED) is 0.369. The topological polar surface area (TPSA) is 30.2 Å². The average Bonchev–Trinajstić information content (AvgIpc) is 3.14. The molecule has 3 nitrogen and oxygen atoms in total.